The highest BCUT2D eigenvalue weighted by Gasteiger charge is 2.22. The lowest BCUT2D eigenvalue weighted by atomic mass is 9.98. The van der Waals surface area contributed by atoms with E-state index >= 15 is 0 Å². The quantitative estimate of drug-likeness (QED) is 0.0902. The summed E-state index contributed by atoms with van der Waals surface area (Å²) in [5.41, 5.74) is 19.9. The molecule has 0 aliphatic carbocycles. The van der Waals surface area contributed by atoms with Gasteiger partial charge in [-0.3, -0.25) is 24.0 Å². The molecule has 0 spiro atoms. The molecule has 348 valence electrons. The van der Waals surface area contributed by atoms with Crippen molar-refractivity contribution < 1.29 is 77.2 Å². The lowest BCUT2D eigenvalue weighted by molar-refractivity contribution is -0.161. The molecule has 0 aliphatic heterocycles. The van der Waals surface area contributed by atoms with E-state index in [0.29, 0.717) is 18.8 Å². The third kappa shape index (κ3) is 60.2. The van der Waals surface area contributed by atoms with E-state index in [1.807, 2.05) is 13.0 Å². The second-order valence-corrected chi connectivity index (χ2v) is 13.4. The summed E-state index contributed by atoms with van der Waals surface area (Å²) >= 11 is 0. The first kappa shape index (κ1) is 66.2. The minimum Gasteiger partial charge on any atom is -0.508 e. The molecule has 2 unspecified atom stereocenters. The molecule has 59 heavy (non-hydrogen) atoms. The SMILES string of the molecule is CC(C)(C)C(=O)OCO.CC(C)OC(=O)C(C)N.CC(C)OC(=O)CN.CC(C)OC(=O)OCO.CCC(N)C(=O)OC(C)C.CCOC(=O)CN.Oc1ccccc1. The Morgan fingerprint density at radius 2 is 1.02 bits per heavy atom. The van der Waals surface area contributed by atoms with Crippen LogP contribution in [0, 0.1) is 5.41 Å². The van der Waals surface area contributed by atoms with E-state index in [4.69, 9.17) is 47.7 Å². The van der Waals surface area contributed by atoms with E-state index in [1.54, 1.807) is 114 Å². The summed E-state index contributed by atoms with van der Waals surface area (Å²) in [6, 6.07) is 7.75. The normalized spacial score (nSPS) is 10.7. The van der Waals surface area contributed by atoms with Gasteiger partial charge in [-0.1, -0.05) is 25.1 Å². The van der Waals surface area contributed by atoms with Gasteiger partial charge in [0.15, 0.2) is 13.6 Å². The minimum atomic E-state index is -0.840. The molecule has 20 nitrogen and oxygen atoms in total. The number of carbonyl (C=O) groups excluding carboxylic acids is 6. The number of aliphatic hydroxyl groups excluding tert-OH is 2. The molecule has 0 aromatic heterocycles. The molecule has 0 amide bonds. The molecule has 11 N–H and O–H groups in total. The van der Waals surface area contributed by atoms with Crippen LogP contribution < -0.4 is 22.9 Å². The van der Waals surface area contributed by atoms with Crippen molar-refractivity contribution in [2.75, 3.05) is 33.3 Å². The largest absolute Gasteiger partial charge is 0.510 e. The van der Waals surface area contributed by atoms with Gasteiger partial charge in [-0.15, -0.1) is 0 Å². The Morgan fingerprint density at radius 1 is 0.610 bits per heavy atom. The molecule has 2 atom stereocenters. The predicted molar refractivity (Wildman–Crippen MR) is 221 cm³/mol. The van der Waals surface area contributed by atoms with Crippen molar-refractivity contribution in [2.24, 2.45) is 28.3 Å². The summed E-state index contributed by atoms with van der Waals surface area (Å²) in [4.78, 5) is 62.7. The maximum Gasteiger partial charge on any atom is 0.510 e. The number of hydrogen-bond donors (Lipinski definition) is 7. The number of hydrogen-bond acceptors (Lipinski definition) is 20. The predicted octanol–water partition coefficient (Wildman–Crippen LogP) is 2.78. The number of ether oxygens (including phenoxy) is 7. The second kappa shape index (κ2) is 43.0. The van der Waals surface area contributed by atoms with Gasteiger partial charge in [0.25, 0.3) is 0 Å². The van der Waals surface area contributed by atoms with Gasteiger partial charge in [-0.25, -0.2) is 4.79 Å². The van der Waals surface area contributed by atoms with Gasteiger partial charge in [-0.2, -0.15) is 0 Å². The van der Waals surface area contributed by atoms with Crippen LogP contribution in [0.4, 0.5) is 4.79 Å². The van der Waals surface area contributed by atoms with E-state index in [1.165, 1.54) is 0 Å². The van der Waals surface area contributed by atoms with Crippen molar-refractivity contribution in [3.8, 4) is 5.75 Å². The summed E-state index contributed by atoms with van der Waals surface area (Å²) < 4.78 is 31.5. The van der Waals surface area contributed by atoms with Crippen LogP contribution in [0.25, 0.3) is 0 Å². The molecule has 20 heteroatoms. The molecule has 0 saturated heterocycles. The summed E-state index contributed by atoms with van der Waals surface area (Å²) in [5.74, 6) is -1.41. The highest BCUT2D eigenvalue weighted by molar-refractivity contribution is 5.76. The maximum absolute atomic E-state index is 10.8. The number of phenolic OH excluding ortho intramolecular Hbond substituents is 1. The molecular formula is C39H76N4O16. The summed E-state index contributed by atoms with van der Waals surface area (Å²) in [6.45, 7) is 23.7. The Balaban J connectivity index is -0.000000139. The zero-order valence-electron chi connectivity index (χ0n) is 37.6. The Kier molecular flexibility index (Phi) is 48.3. The number of rotatable bonds is 12. The highest BCUT2D eigenvalue weighted by Crippen LogP contribution is 2.14. The lowest BCUT2D eigenvalue weighted by Crippen LogP contribution is -2.32. The standard InChI is InChI=1S/C7H15NO2.C6H13NO2.C6H12O3.C6H6O.C5H11NO2.C5H10O4.C4H9NO2/c1-4-6(8)7(9)10-5(2)3;1-4(2)9-6(8)5(3)7;1-6(2,3)5(8)9-4-7;7-6-4-2-1-3-5-6;1-4(2)8-5(7)3-6;1-4(2)9-5(7)8-3-6;1-2-7-4(6)3-5/h5-6H,4,8H2,1-3H3;4-5H,7H2,1-3H3;7H,4H2,1-3H3;1-5,7H;4H,3,6H2,1-2H3;4,6H,3H2,1-2H3;2-3,5H2,1H3. The fourth-order valence-corrected chi connectivity index (χ4v) is 2.34. The van der Waals surface area contributed by atoms with Crippen molar-refractivity contribution in [2.45, 2.75) is 140 Å². The third-order valence-electron chi connectivity index (χ3n) is 4.90. The molecular weight excluding hydrogens is 780 g/mol. The van der Waals surface area contributed by atoms with Gasteiger partial charge < -0.3 is 71.4 Å². The van der Waals surface area contributed by atoms with Crippen LogP contribution in [0.5, 0.6) is 5.75 Å². The summed E-state index contributed by atoms with van der Waals surface area (Å²) in [5, 5.41) is 24.8. The second-order valence-electron chi connectivity index (χ2n) is 13.4. The molecule has 1 aromatic rings. The van der Waals surface area contributed by atoms with E-state index in [2.05, 4.69) is 23.7 Å². The van der Waals surface area contributed by atoms with E-state index in [9.17, 15) is 28.8 Å². The number of nitrogens with two attached hydrogens (primary N) is 4. The van der Waals surface area contributed by atoms with Gasteiger partial charge in [0.1, 0.15) is 17.8 Å². The summed E-state index contributed by atoms with van der Waals surface area (Å²) in [6.07, 6.45) is -0.595. The van der Waals surface area contributed by atoms with E-state index < -0.39 is 37.2 Å². The van der Waals surface area contributed by atoms with Crippen LogP contribution in [0.3, 0.4) is 0 Å². The fourth-order valence-electron chi connectivity index (χ4n) is 2.34. The average Bonchev–Trinajstić information content (AvgIpc) is 3.12. The van der Waals surface area contributed by atoms with Crippen LogP contribution in [0.1, 0.15) is 103 Å². The smallest absolute Gasteiger partial charge is 0.508 e. The number of esters is 5. The molecule has 0 bridgehead atoms. The van der Waals surface area contributed by atoms with Gasteiger partial charge in [-0.05, 0) is 109 Å². The Hall–Kier alpha value is -4.60. The lowest BCUT2D eigenvalue weighted by Gasteiger charge is -2.14. The zero-order chi connectivity index (χ0) is 47.7. The molecule has 0 fully saturated rings. The van der Waals surface area contributed by atoms with Crippen LogP contribution in [0.2, 0.25) is 0 Å². The number of aliphatic hydroxyl groups is 2. The van der Waals surface area contributed by atoms with Crippen LogP contribution in [-0.4, -0.2) is 121 Å². The monoisotopic (exact) mass is 857 g/mol. The number of phenols is 1. The van der Waals surface area contributed by atoms with Gasteiger partial charge in [0, 0.05) is 0 Å². The first-order chi connectivity index (χ1) is 27.1. The third-order valence-corrected chi connectivity index (χ3v) is 4.90. The van der Waals surface area contributed by atoms with E-state index in [-0.39, 0.29) is 67.4 Å². The number of carbonyl (C=O) groups is 6. The van der Waals surface area contributed by atoms with Gasteiger partial charge in [0.2, 0.25) is 0 Å². The van der Waals surface area contributed by atoms with Crippen LogP contribution >= 0.6 is 0 Å². The molecule has 1 aromatic carbocycles. The van der Waals surface area contributed by atoms with Crippen LogP contribution in [0.15, 0.2) is 30.3 Å². The average molecular weight is 857 g/mol. The number of aromatic hydroxyl groups is 1. The number of benzene rings is 1. The Bertz CT molecular complexity index is 1190. The number of para-hydroxylation sites is 1. The highest BCUT2D eigenvalue weighted by atomic mass is 16.8. The maximum atomic E-state index is 10.8. The van der Waals surface area contributed by atoms with Gasteiger partial charge >= 0.3 is 36.0 Å². The molecule has 0 aliphatic rings. The fraction of sp³-hybridized carbons (Fsp3) is 0.692. The minimum absolute atomic E-state index is 0.0200. The van der Waals surface area contributed by atoms with Crippen LogP contribution in [-0.2, 0) is 57.1 Å². The first-order valence-electron chi connectivity index (χ1n) is 18.8. The Labute approximate surface area is 350 Å². The Morgan fingerprint density at radius 3 is 1.22 bits per heavy atom. The molecule has 0 saturated carbocycles. The van der Waals surface area contributed by atoms with Crippen molar-refractivity contribution in [1.29, 1.82) is 0 Å². The zero-order valence-corrected chi connectivity index (χ0v) is 37.6. The van der Waals surface area contributed by atoms with Gasteiger partial charge in [0.05, 0.1) is 49.5 Å². The summed E-state index contributed by atoms with van der Waals surface area (Å²) in [7, 11) is 0. The molecule has 0 radical (unpaired) electrons. The van der Waals surface area contributed by atoms with Crippen molar-refractivity contribution in [3.05, 3.63) is 30.3 Å². The van der Waals surface area contributed by atoms with E-state index in [0.717, 1.165) is 0 Å². The molecule has 1 rings (SSSR count). The van der Waals surface area contributed by atoms with Crippen molar-refractivity contribution in [3.63, 3.8) is 0 Å². The topological polar surface area (TPSA) is 332 Å². The first-order valence-corrected chi connectivity index (χ1v) is 18.8. The van der Waals surface area contributed by atoms with Crippen molar-refractivity contribution >= 4 is 36.0 Å². The molecule has 0 heterocycles. The van der Waals surface area contributed by atoms with Crippen molar-refractivity contribution in [1.82, 2.24) is 0 Å².